The monoisotopic (exact) mass is 263 g/mol. The van der Waals surface area contributed by atoms with Crippen molar-refractivity contribution in [2.45, 2.75) is 52.6 Å². The normalized spacial score (nSPS) is 22.9. The Hall–Kier alpha value is -1.00. The Morgan fingerprint density at radius 3 is 2.47 bits per heavy atom. The first kappa shape index (κ1) is 14.4. The van der Waals surface area contributed by atoms with E-state index in [0.29, 0.717) is 0 Å². The quantitative estimate of drug-likeness (QED) is 0.828. The fraction of sp³-hybridized carbons (Fsp3) is 0.733. The van der Waals surface area contributed by atoms with Crippen LogP contribution in [0, 0.1) is 13.8 Å². The highest BCUT2D eigenvalue weighted by atomic mass is 16.5. The number of likely N-dealkylation sites (N-methyl/N-ethyl adjacent to an activating group) is 1. The van der Waals surface area contributed by atoms with E-state index in [9.17, 15) is 0 Å². The van der Waals surface area contributed by atoms with E-state index in [2.05, 4.69) is 33.0 Å². The molecule has 0 saturated carbocycles. The van der Waals surface area contributed by atoms with E-state index in [4.69, 9.17) is 14.7 Å². The lowest BCUT2D eigenvalue weighted by Gasteiger charge is -2.23. The number of rotatable bonds is 5. The van der Waals surface area contributed by atoms with Gasteiger partial charge in [0, 0.05) is 18.0 Å². The van der Waals surface area contributed by atoms with E-state index >= 15 is 0 Å². The van der Waals surface area contributed by atoms with Gasteiger partial charge in [-0.3, -0.25) is 0 Å². The molecule has 1 aliphatic rings. The van der Waals surface area contributed by atoms with Crippen LogP contribution in [0.15, 0.2) is 0 Å². The average Bonchev–Trinajstić information content (AvgIpc) is 2.81. The zero-order chi connectivity index (χ0) is 13.9. The summed E-state index contributed by atoms with van der Waals surface area (Å²) < 4.78 is 5.84. The smallest absolute Gasteiger partial charge is 0.160 e. The van der Waals surface area contributed by atoms with Crippen molar-refractivity contribution in [3.63, 3.8) is 0 Å². The SMILES string of the molecule is CCNCCc1c(C)nc(C2(C)CCCO2)nc1C. The van der Waals surface area contributed by atoms with Crippen molar-refractivity contribution < 1.29 is 4.74 Å². The maximum absolute atomic E-state index is 5.84. The van der Waals surface area contributed by atoms with Crippen LogP contribution in [0.2, 0.25) is 0 Å². The van der Waals surface area contributed by atoms with E-state index in [1.807, 2.05) is 0 Å². The van der Waals surface area contributed by atoms with Gasteiger partial charge in [0.15, 0.2) is 5.82 Å². The zero-order valence-corrected chi connectivity index (χ0v) is 12.5. The minimum atomic E-state index is -0.282. The van der Waals surface area contributed by atoms with Gasteiger partial charge in [-0.2, -0.15) is 0 Å². The Morgan fingerprint density at radius 1 is 1.26 bits per heavy atom. The molecule has 1 unspecified atom stereocenters. The van der Waals surface area contributed by atoms with Gasteiger partial charge in [0.05, 0.1) is 0 Å². The molecule has 1 aromatic rings. The third kappa shape index (κ3) is 3.12. The molecule has 1 fully saturated rings. The first-order valence-electron chi connectivity index (χ1n) is 7.26. The minimum absolute atomic E-state index is 0.282. The molecule has 0 aliphatic carbocycles. The van der Waals surface area contributed by atoms with E-state index in [0.717, 1.165) is 56.2 Å². The standard InChI is InChI=1S/C15H25N3O/c1-5-16-9-7-13-11(2)17-14(18-12(13)3)15(4)8-6-10-19-15/h16H,5-10H2,1-4H3. The van der Waals surface area contributed by atoms with E-state index < -0.39 is 0 Å². The maximum atomic E-state index is 5.84. The van der Waals surface area contributed by atoms with Gasteiger partial charge in [-0.15, -0.1) is 0 Å². The predicted molar refractivity (Wildman–Crippen MR) is 76.3 cm³/mol. The summed E-state index contributed by atoms with van der Waals surface area (Å²) in [6, 6.07) is 0. The van der Waals surface area contributed by atoms with Crippen LogP contribution in [0.5, 0.6) is 0 Å². The second-order valence-electron chi connectivity index (χ2n) is 5.48. The Morgan fingerprint density at radius 2 is 1.95 bits per heavy atom. The Kier molecular flexibility index (Phi) is 4.53. The van der Waals surface area contributed by atoms with Gasteiger partial charge in [0.1, 0.15) is 5.60 Å². The van der Waals surface area contributed by atoms with Gasteiger partial charge in [0.25, 0.3) is 0 Å². The van der Waals surface area contributed by atoms with E-state index in [-0.39, 0.29) is 5.60 Å². The van der Waals surface area contributed by atoms with Crippen molar-refractivity contribution in [2.75, 3.05) is 19.7 Å². The van der Waals surface area contributed by atoms with Crippen LogP contribution in [0.25, 0.3) is 0 Å². The molecule has 1 atom stereocenters. The molecule has 0 aromatic carbocycles. The minimum Gasteiger partial charge on any atom is -0.367 e. The molecule has 2 heterocycles. The molecule has 1 aliphatic heterocycles. The molecule has 0 spiro atoms. The lowest BCUT2D eigenvalue weighted by atomic mass is 10.0. The third-order valence-electron chi connectivity index (χ3n) is 3.91. The first-order chi connectivity index (χ1) is 9.07. The molecular formula is C15H25N3O. The van der Waals surface area contributed by atoms with Gasteiger partial charge in [0.2, 0.25) is 0 Å². The second kappa shape index (κ2) is 5.97. The molecule has 4 nitrogen and oxygen atoms in total. The van der Waals surface area contributed by atoms with Crippen molar-refractivity contribution in [3.8, 4) is 0 Å². The van der Waals surface area contributed by atoms with Crippen LogP contribution >= 0.6 is 0 Å². The second-order valence-corrected chi connectivity index (χ2v) is 5.48. The maximum Gasteiger partial charge on any atom is 0.160 e. The predicted octanol–water partition coefficient (Wildman–Crippen LogP) is 2.27. The van der Waals surface area contributed by atoms with Crippen molar-refractivity contribution in [3.05, 3.63) is 22.8 Å². The van der Waals surface area contributed by atoms with Crippen LogP contribution in [-0.4, -0.2) is 29.7 Å². The Labute approximate surface area is 116 Å². The molecule has 4 heteroatoms. The lowest BCUT2D eigenvalue weighted by molar-refractivity contribution is 0.00902. The lowest BCUT2D eigenvalue weighted by Crippen LogP contribution is -2.25. The number of ether oxygens (including phenoxy) is 1. The van der Waals surface area contributed by atoms with Crippen molar-refractivity contribution >= 4 is 0 Å². The summed E-state index contributed by atoms with van der Waals surface area (Å²) >= 11 is 0. The number of nitrogens with zero attached hydrogens (tertiary/aromatic N) is 2. The number of aryl methyl sites for hydroxylation is 2. The Bertz CT molecular complexity index is 416. The Balaban J connectivity index is 2.21. The number of hydrogen-bond donors (Lipinski definition) is 1. The van der Waals surface area contributed by atoms with Crippen molar-refractivity contribution in [2.24, 2.45) is 0 Å². The molecule has 1 aromatic heterocycles. The molecule has 0 radical (unpaired) electrons. The van der Waals surface area contributed by atoms with Crippen LogP contribution in [0.3, 0.4) is 0 Å². The summed E-state index contributed by atoms with van der Waals surface area (Å²) in [6.07, 6.45) is 3.10. The fourth-order valence-electron chi connectivity index (χ4n) is 2.68. The highest BCUT2D eigenvalue weighted by molar-refractivity contribution is 5.26. The largest absolute Gasteiger partial charge is 0.367 e. The van der Waals surface area contributed by atoms with Gasteiger partial charge in [-0.25, -0.2) is 9.97 Å². The molecule has 106 valence electrons. The van der Waals surface area contributed by atoms with Gasteiger partial charge < -0.3 is 10.1 Å². The van der Waals surface area contributed by atoms with Gasteiger partial charge in [-0.05, 0) is 58.7 Å². The fourth-order valence-corrected chi connectivity index (χ4v) is 2.68. The summed E-state index contributed by atoms with van der Waals surface area (Å²) in [6.45, 7) is 11.2. The van der Waals surface area contributed by atoms with E-state index in [1.54, 1.807) is 0 Å². The molecule has 19 heavy (non-hydrogen) atoms. The summed E-state index contributed by atoms with van der Waals surface area (Å²) in [5.74, 6) is 0.854. The summed E-state index contributed by atoms with van der Waals surface area (Å²) in [7, 11) is 0. The van der Waals surface area contributed by atoms with Crippen molar-refractivity contribution in [1.29, 1.82) is 0 Å². The number of aromatic nitrogens is 2. The molecule has 1 N–H and O–H groups in total. The highest BCUT2D eigenvalue weighted by Gasteiger charge is 2.35. The van der Waals surface area contributed by atoms with Crippen LogP contribution in [0.4, 0.5) is 0 Å². The number of nitrogens with one attached hydrogen (secondary N) is 1. The average molecular weight is 263 g/mol. The van der Waals surface area contributed by atoms with E-state index in [1.165, 1.54) is 5.56 Å². The molecule has 1 saturated heterocycles. The van der Waals surface area contributed by atoms with Gasteiger partial charge in [-0.1, -0.05) is 6.92 Å². The topological polar surface area (TPSA) is 47.0 Å². The molecule has 2 rings (SSSR count). The first-order valence-corrected chi connectivity index (χ1v) is 7.26. The molecular weight excluding hydrogens is 238 g/mol. The van der Waals surface area contributed by atoms with Crippen LogP contribution < -0.4 is 5.32 Å². The van der Waals surface area contributed by atoms with Crippen molar-refractivity contribution in [1.82, 2.24) is 15.3 Å². The summed E-state index contributed by atoms with van der Waals surface area (Å²) in [5, 5.41) is 3.35. The molecule has 0 amide bonds. The summed E-state index contributed by atoms with van der Waals surface area (Å²) in [4.78, 5) is 9.41. The van der Waals surface area contributed by atoms with Crippen LogP contribution in [0.1, 0.15) is 49.5 Å². The highest BCUT2D eigenvalue weighted by Crippen LogP contribution is 2.33. The van der Waals surface area contributed by atoms with Gasteiger partial charge >= 0.3 is 0 Å². The molecule has 0 bridgehead atoms. The number of hydrogen-bond acceptors (Lipinski definition) is 4. The zero-order valence-electron chi connectivity index (χ0n) is 12.5. The van der Waals surface area contributed by atoms with Crippen LogP contribution in [-0.2, 0) is 16.8 Å². The summed E-state index contributed by atoms with van der Waals surface area (Å²) in [5.41, 5.74) is 3.18. The third-order valence-corrected chi connectivity index (χ3v) is 3.91.